The van der Waals surface area contributed by atoms with Gasteiger partial charge in [0.1, 0.15) is 0 Å². The molecule has 0 aromatic carbocycles. The molecule has 0 aromatic rings. The molecule has 11 heavy (non-hydrogen) atoms. The van der Waals surface area contributed by atoms with Crippen molar-refractivity contribution in [1.82, 2.24) is 0 Å². The second kappa shape index (κ2) is 8.17. The van der Waals surface area contributed by atoms with Crippen molar-refractivity contribution in [2.45, 2.75) is 39.5 Å². The van der Waals surface area contributed by atoms with Crippen LogP contribution in [0.4, 0.5) is 0 Å². The minimum Gasteiger partial charge on any atom is -0.550 e. The van der Waals surface area contributed by atoms with Gasteiger partial charge in [0.15, 0.2) is 0 Å². The molecule has 0 spiro atoms. The van der Waals surface area contributed by atoms with Crippen molar-refractivity contribution in [2.75, 3.05) is 0 Å². The third-order valence-electron chi connectivity index (χ3n) is 1.41. The van der Waals surface area contributed by atoms with Crippen molar-refractivity contribution in [3.63, 3.8) is 0 Å². The molecule has 0 unspecified atom stereocenters. The zero-order valence-electron chi connectivity index (χ0n) is 7.72. The van der Waals surface area contributed by atoms with E-state index in [4.69, 9.17) is 0 Å². The number of aliphatic carboxylic acids is 1. The largest absolute Gasteiger partial charge is 1.00 e. The molecule has 3 heteroatoms. The van der Waals surface area contributed by atoms with E-state index >= 15 is 0 Å². The third kappa shape index (κ3) is 13.1. The van der Waals surface area contributed by atoms with Gasteiger partial charge in [-0.05, 0) is 18.8 Å². The van der Waals surface area contributed by atoms with Crippen LogP contribution in [0, 0.1) is 5.92 Å². The third-order valence-corrected chi connectivity index (χ3v) is 1.41. The van der Waals surface area contributed by atoms with Crippen molar-refractivity contribution < 1.29 is 28.8 Å². The fourth-order valence-corrected chi connectivity index (χ4v) is 0.822. The van der Waals surface area contributed by atoms with Gasteiger partial charge in [-0.2, -0.15) is 0 Å². The Kier molecular flexibility index (Phi) is 10.1. The van der Waals surface area contributed by atoms with Crippen molar-refractivity contribution >= 4 is 5.97 Å². The molecule has 0 aliphatic carbocycles. The van der Waals surface area contributed by atoms with Crippen molar-refractivity contribution in [3.8, 4) is 0 Å². The Morgan fingerprint density at radius 3 is 2.27 bits per heavy atom. The molecule has 0 N–H and O–H groups in total. The molecule has 0 saturated heterocycles. The average molecular weight is 150 g/mol. The minimum atomic E-state index is -0.927. The summed E-state index contributed by atoms with van der Waals surface area (Å²) >= 11 is 0. The fraction of sp³-hybridized carbons (Fsp3) is 0.875. The van der Waals surface area contributed by atoms with Gasteiger partial charge in [0.25, 0.3) is 0 Å². The summed E-state index contributed by atoms with van der Waals surface area (Å²) in [4.78, 5) is 9.93. The first-order chi connectivity index (χ1) is 4.63. The van der Waals surface area contributed by atoms with Crippen LogP contribution in [0.2, 0.25) is 0 Å². The number of carboxylic acids is 1. The first-order valence-corrected chi connectivity index (χ1v) is 3.82. The second-order valence-corrected chi connectivity index (χ2v) is 3.01. The molecule has 0 amide bonds. The molecular weight excluding hydrogens is 135 g/mol. The number of carbonyl (C=O) groups is 1. The van der Waals surface area contributed by atoms with Gasteiger partial charge in [0, 0.05) is 5.97 Å². The van der Waals surface area contributed by atoms with Crippen molar-refractivity contribution in [2.24, 2.45) is 5.92 Å². The molecule has 0 bridgehead atoms. The molecule has 0 fully saturated rings. The van der Waals surface area contributed by atoms with Crippen LogP contribution in [0.5, 0.6) is 0 Å². The quantitative estimate of drug-likeness (QED) is 0.334. The van der Waals surface area contributed by atoms with Crippen LogP contribution >= 0.6 is 0 Å². The second-order valence-electron chi connectivity index (χ2n) is 3.01. The summed E-state index contributed by atoms with van der Waals surface area (Å²) < 4.78 is 0. The molecule has 0 heterocycles. The van der Waals surface area contributed by atoms with E-state index < -0.39 is 5.97 Å². The summed E-state index contributed by atoms with van der Waals surface area (Å²) in [7, 11) is 0. The maximum absolute atomic E-state index is 9.93. The maximum Gasteiger partial charge on any atom is 1.00 e. The summed E-state index contributed by atoms with van der Waals surface area (Å²) in [6.07, 6.45) is 3.10. The molecule has 0 aliphatic heterocycles. The number of carboxylic acid groups (broad SMARTS) is 1. The Hall–Kier alpha value is 0.0674. The van der Waals surface area contributed by atoms with E-state index in [1.165, 1.54) is 0 Å². The summed E-state index contributed by atoms with van der Waals surface area (Å²) in [6.45, 7) is 4.28. The predicted molar refractivity (Wildman–Crippen MR) is 38.3 cm³/mol. The average Bonchev–Trinajstić information content (AvgIpc) is 1.79. The number of unbranched alkanes of at least 4 members (excludes halogenated alkanes) is 1. The monoisotopic (exact) mass is 150 g/mol. The van der Waals surface area contributed by atoms with E-state index in [1.54, 1.807) is 0 Å². The van der Waals surface area contributed by atoms with Gasteiger partial charge in [0.05, 0.1) is 0 Å². The SMILES string of the molecule is CC(C)CCCCC(=O)[O-].[Li+]. The van der Waals surface area contributed by atoms with E-state index in [9.17, 15) is 9.90 Å². The Morgan fingerprint density at radius 2 is 1.91 bits per heavy atom. The Labute approximate surface area is 80.5 Å². The fourth-order valence-electron chi connectivity index (χ4n) is 0.822. The molecule has 0 aliphatic rings. The number of hydrogen-bond acceptors (Lipinski definition) is 2. The summed E-state index contributed by atoms with van der Waals surface area (Å²) in [6, 6.07) is 0. The zero-order valence-corrected chi connectivity index (χ0v) is 7.72. The normalized spacial score (nSPS) is 9.36. The number of carbonyl (C=O) groups excluding carboxylic acids is 1. The van der Waals surface area contributed by atoms with Crippen LogP contribution < -0.4 is 24.0 Å². The van der Waals surface area contributed by atoms with Gasteiger partial charge in [-0.1, -0.05) is 26.7 Å². The van der Waals surface area contributed by atoms with Gasteiger partial charge < -0.3 is 9.90 Å². The Morgan fingerprint density at radius 1 is 1.36 bits per heavy atom. The van der Waals surface area contributed by atoms with Crippen LogP contribution in [0.3, 0.4) is 0 Å². The summed E-state index contributed by atoms with van der Waals surface area (Å²) in [5.41, 5.74) is 0. The Balaban J connectivity index is 0. The van der Waals surface area contributed by atoms with Crippen LogP contribution in [-0.4, -0.2) is 5.97 Å². The van der Waals surface area contributed by atoms with E-state index in [1.807, 2.05) is 0 Å². The molecule has 0 radical (unpaired) electrons. The molecule has 0 saturated carbocycles. The smallest absolute Gasteiger partial charge is 0.550 e. The van der Waals surface area contributed by atoms with E-state index in [-0.39, 0.29) is 25.3 Å². The number of rotatable bonds is 5. The topological polar surface area (TPSA) is 40.1 Å². The molecule has 0 rings (SSSR count). The van der Waals surface area contributed by atoms with Crippen molar-refractivity contribution in [1.29, 1.82) is 0 Å². The standard InChI is InChI=1S/C8H16O2.Li/c1-7(2)5-3-4-6-8(9)10;/h7H,3-6H2,1-2H3,(H,9,10);/q;+1/p-1. The minimum absolute atomic E-state index is 0. The van der Waals surface area contributed by atoms with Crippen LogP contribution in [0.15, 0.2) is 0 Å². The Bertz CT molecular complexity index is 102. The van der Waals surface area contributed by atoms with Gasteiger partial charge in [-0.25, -0.2) is 0 Å². The molecule has 0 aromatic heterocycles. The van der Waals surface area contributed by atoms with Crippen LogP contribution in [-0.2, 0) is 4.79 Å². The van der Waals surface area contributed by atoms with Crippen LogP contribution in [0.25, 0.3) is 0 Å². The molecular formula is C8H15LiO2. The number of hydrogen-bond donors (Lipinski definition) is 0. The first kappa shape index (κ1) is 13.6. The summed E-state index contributed by atoms with van der Waals surface area (Å²) in [5.74, 6) is -0.245. The zero-order chi connectivity index (χ0) is 7.98. The van der Waals surface area contributed by atoms with E-state index in [0.29, 0.717) is 5.92 Å². The van der Waals surface area contributed by atoms with Gasteiger partial charge in [-0.3, -0.25) is 0 Å². The van der Waals surface area contributed by atoms with Gasteiger partial charge in [0.2, 0.25) is 0 Å². The van der Waals surface area contributed by atoms with Crippen molar-refractivity contribution in [3.05, 3.63) is 0 Å². The molecule has 2 nitrogen and oxygen atoms in total. The molecule has 0 atom stereocenters. The predicted octanol–water partition coefficient (Wildman–Crippen LogP) is -2.04. The maximum atomic E-state index is 9.93. The van der Waals surface area contributed by atoms with Crippen LogP contribution in [0.1, 0.15) is 39.5 Å². The van der Waals surface area contributed by atoms with E-state index in [0.717, 1.165) is 19.3 Å². The van der Waals surface area contributed by atoms with E-state index in [2.05, 4.69) is 13.8 Å². The van der Waals surface area contributed by atoms with Gasteiger partial charge in [-0.15, -0.1) is 0 Å². The summed E-state index contributed by atoms with van der Waals surface area (Å²) in [5, 5.41) is 9.93. The first-order valence-electron chi connectivity index (χ1n) is 3.82. The van der Waals surface area contributed by atoms with Gasteiger partial charge >= 0.3 is 18.9 Å². The molecule has 60 valence electrons.